The zero-order valence-corrected chi connectivity index (χ0v) is 20.2. The summed E-state index contributed by atoms with van der Waals surface area (Å²) in [6.45, 7) is 2.72. The Labute approximate surface area is 194 Å². The number of hydrogen-bond acceptors (Lipinski definition) is 5. The molecule has 13 heteroatoms. The smallest absolute Gasteiger partial charge is 0.377 e. The van der Waals surface area contributed by atoms with Crippen LogP contribution in [-0.2, 0) is 20.2 Å². The van der Waals surface area contributed by atoms with Crippen molar-refractivity contribution in [3.63, 3.8) is 0 Å². The van der Waals surface area contributed by atoms with Crippen LogP contribution in [0.1, 0.15) is 77.6 Å². The highest BCUT2D eigenvalue weighted by Crippen LogP contribution is 2.47. The molecule has 6 nitrogen and oxygen atoms in total. The Morgan fingerprint density at radius 1 is 0.879 bits per heavy atom. The van der Waals surface area contributed by atoms with E-state index in [0.29, 0.717) is 12.8 Å². The van der Waals surface area contributed by atoms with Crippen LogP contribution in [0.3, 0.4) is 0 Å². The highest BCUT2D eigenvalue weighted by molar-refractivity contribution is 7.90. The van der Waals surface area contributed by atoms with Gasteiger partial charge < -0.3 is 9.90 Å². The van der Waals surface area contributed by atoms with Gasteiger partial charge in [-0.1, -0.05) is 45.4 Å². The van der Waals surface area contributed by atoms with E-state index in [1.165, 1.54) is 12.8 Å². The Hall–Kier alpha value is -1.24. The third-order valence-electron chi connectivity index (χ3n) is 4.51. The molecule has 198 valence electrons. The molecule has 33 heavy (non-hydrogen) atoms. The molecule has 0 saturated carbocycles. The predicted molar refractivity (Wildman–Crippen MR) is 113 cm³/mol. The molecule has 0 unspecified atom stereocenters. The standard InChI is InChI=1S/C10H14F6O2.C10H22NO3S/c1-2-3-4-5-6-8(11,12)10(15,16)9(13,14)7(17)18;1-15(2)14-10-8-6-4-3-5-7-9-11(12)13/h2-6H2,1H3,(H,17,18);3-10H2,1-2H3/q;+1/p-1. The number of carbonyl (C=O) groups is 1. The molecular weight excluding hydrogens is 480 g/mol. The van der Waals surface area contributed by atoms with E-state index in [2.05, 4.69) is 12.5 Å². The maximum absolute atomic E-state index is 13.0. The maximum Gasteiger partial charge on any atom is 0.377 e. The molecular formula is C20H35F6NO5S. The molecule has 0 aliphatic rings. The minimum atomic E-state index is -5.97. The molecule has 0 bridgehead atoms. The van der Waals surface area contributed by atoms with Crippen molar-refractivity contribution < 1.29 is 45.3 Å². The SMILES string of the molecule is CCCCCCC(F)(F)C(F)(F)C(F)(F)C(=O)[O-].C[S+](C)OCCCCCCCC[N+](=O)[O-]. The van der Waals surface area contributed by atoms with Crippen LogP contribution in [-0.4, -0.2) is 54.3 Å². The topological polar surface area (TPSA) is 92.5 Å². The number of rotatable bonds is 18. The summed E-state index contributed by atoms with van der Waals surface area (Å²) in [7, 11) is 0. The number of nitro groups is 1. The van der Waals surface area contributed by atoms with Gasteiger partial charge in [0.2, 0.25) is 6.54 Å². The second-order valence-electron chi connectivity index (χ2n) is 7.69. The summed E-state index contributed by atoms with van der Waals surface area (Å²) >= 11 is 0.0939. The lowest BCUT2D eigenvalue weighted by molar-refractivity contribution is -0.480. The summed E-state index contributed by atoms with van der Waals surface area (Å²) in [6, 6.07) is 0. The average Bonchev–Trinajstić information content (AvgIpc) is 2.69. The summed E-state index contributed by atoms with van der Waals surface area (Å²) < 4.78 is 82.0. The number of carbonyl (C=O) groups excluding carboxylic acids is 1. The quantitative estimate of drug-likeness (QED) is 0.0840. The number of unbranched alkanes of at least 4 members (excludes halogenated alkanes) is 8. The lowest BCUT2D eigenvalue weighted by Gasteiger charge is -2.33. The molecule has 0 spiro atoms. The van der Waals surface area contributed by atoms with Crippen molar-refractivity contribution in [3.8, 4) is 0 Å². The molecule has 0 saturated heterocycles. The molecule has 0 aromatic heterocycles. The van der Waals surface area contributed by atoms with Gasteiger partial charge in [0.05, 0.1) is 0 Å². The second kappa shape index (κ2) is 17.2. The van der Waals surface area contributed by atoms with Crippen molar-refractivity contribution in [2.45, 2.75) is 95.3 Å². The van der Waals surface area contributed by atoms with E-state index >= 15 is 0 Å². The fraction of sp³-hybridized carbons (Fsp3) is 0.950. The Kier molecular flexibility index (Phi) is 17.7. The van der Waals surface area contributed by atoms with Gasteiger partial charge in [-0.3, -0.25) is 10.1 Å². The fourth-order valence-electron chi connectivity index (χ4n) is 2.56. The lowest BCUT2D eigenvalue weighted by atomic mass is 9.98. The number of carboxylic acid groups (broad SMARTS) is 1. The van der Waals surface area contributed by atoms with Crippen molar-refractivity contribution in [1.29, 1.82) is 0 Å². The van der Waals surface area contributed by atoms with Crippen LogP contribution in [0.2, 0.25) is 0 Å². The van der Waals surface area contributed by atoms with Crippen LogP contribution in [0.15, 0.2) is 0 Å². The molecule has 0 heterocycles. The number of alkyl halides is 6. The summed E-state index contributed by atoms with van der Waals surface area (Å²) in [4.78, 5) is 19.6. The molecule has 0 N–H and O–H groups in total. The average molecular weight is 516 g/mol. The zero-order chi connectivity index (χ0) is 26.1. The third kappa shape index (κ3) is 14.6. The summed E-state index contributed by atoms with van der Waals surface area (Å²) in [5, 5.41) is 19.8. The van der Waals surface area contributed by atoms with Gasteiger partial charge >= 0.3 is 17.8 Å². The highest BCUT2D eigenvalue weighted by atomic mass is 32.2. The van der Waals surface area contributed by atoms with E-state index in [1.807, 2.05) is 0 Å². The van der Waals surface area contributed by atoms with Gasteiger partial charge in [0.15, 0.2) is 0 Å². The molecule has 0 radical (unpaired) electrons. The number of nitrogens with zero attached hydrogens (tertiary/aromatic N) is 1. The minimum absolute atomic E-state index is 0.0939. The van der Waals surface area contributed by atoms with Crippen molar-refractivity contribution in [1.82, 2.24) is 0 Å². The molecule has 0 aromatic carbocycles. The molecule has 0 aromatic rings. The largest absolute Gasteiger partial charge is 0.544 e. The Morgan fingerprint density at radius 2 is 1.36 bits per heavy atom. The number of halogens is 6. The third-order valence-corrected chi connectivity index (χ3v) is 5.15. The van der Waals surface area contributed by atoms with Crippen LogP contribution in [0.5, 0.6) is 0 Å². The van der Waals surface area contributed by atoms with Gasteiger partial charge in [-0.15, -0.1) is 0 Å². The monoisotopic (exact) mass is 515 g/mol. The van der Waals surface area contributed by atoms with Crippen molar-refractivity contribution >= 4 is 17.1 Å². The molecule has 0 amide bonds. The molecule has 0 rings (SSSR count). The first-order valence-corrected chi connectivity index (χ1v) is 12.8. The first-order valence-electron chi connectivity index (χ1n) is 10.8. The van der Waals surface area contributed by atoms with Gasteiger partial charge in [-0.2, -0.15) is 30.5 Å². The predicted octanol–water partition coefficient (Wildman–Crippen LogP) is 5.03. The van der Waals surface area contributed by atoms with Crippen molar-refractivity contribution in [3.05, 3.63) is 10.1 Å². The van der Waals surface area contributed by atoms with E-state index in [1.54, 1.807) is 6.92 Å². The summed E-state index contributed by atoms with van der Waals surface area (Å²) in [6.07, 6.45) is 9.84. The zero-order valence-electron chi connectivity index (χ0n) is 19.4. The van der Waals surface area contributed by atoms with Crippen LogP contribution in [0.4, 0.5) is 26.3 Å². The number of carboxylic acids is 1. The van der Waals surface area contributed by atoms with E-state index in [4.69, 9.17) is 4.18 Å². The number of hydrogen-bond donors (Lipinski definition) is 0. The molecule has 0 aliphatic carbocycles. The van der Waals surface area contributed by atoms with Crippen LogP contribution in [0.25, 0.3) is 0 Å². The van der Waals surface area contributed by atoms with E-state index < -0.39 is 30.2 Å². The molecule has 0 aliphatic heterocycles. The lowest BCUT2D eigenvalue weighted by Crippen LogP contribution is -2.61. The van der Waals surface area contributed by atoms with Gasteiger partial charge in [0.25, 0.3) is 0 Å². The number of aliphatic carboxylic acids is 1. The van der Waals surface area contributed by atoms with Crippen LogP contribution >= 0.6 is 0 Å². The van der Waals surface area contributed by atoms with Crippen LogP contribution in [0, 0.1) is 10.1 Å². The fourth-order valence-corrected chi connectivity index (χ4v) is 3.02. The van der Waals surface area contributed by atoms with Crippen LogP contribution < -0.4 is 5.11 Å². The minimum Gasteiger partial charge on any atom is -0.544 e. The molecule has 0 atom stereocenters. The normalized spacial score (nSPS) is 12.4. The van der Waals surface area contributed by atoms with E-state index in [0.717, 1.165) is 32.3 Å². The van der Waals surface area contributed by atoms with Crippen molar-refractivity contribution in [2.75, 3.05) is 25.7 Å². The van der Waals surface area contributed by atoms with E-state index in [-0.39, 0.29) is 35.5 Å². The van der Waals surface area contributed by atoms with Gasteiger partial charge in [-0.25, -0.2) is 0 Å². The first kappa shape index (κ1) is 33.9. The highest BCUT2D eigenvalue weighted by Gasteiger charge is 2.71. The summed E-state index contributed by atoms with van der Waals surface area (Å²) in [5.74, 6) is -20.5. The van der Waals surface area contributed by atoms with Gasteiger partial charge in [-0.05, 0) is 19.3 Å². The van der Waals surface area contributed by atoms with E-state index in [9.17, 15) is 46.4 Å². The Morgan fingerprint density at radius 3 is 1.82 bits per heavy atom. The Balaban J connectivity index is 0. The summed E-state index contributed by atoms with van der Waals surface area (Å²) in [5.41, 5.74) is 0. The first-order chi connectivity index (χ1) is 15.1. The molecule has 0 fully saturated rings. The second-order valence-corrected chi connectivity index (χ2v) is 9.41. The van der Waals surface area contributed by atoms with Gasteiger partial charge in [0.1, 0.15) is 36.3 Å². The maximum atomic E-state index is 13.0. The Bertz CT molecular complexity index is 553. The van der Waals surface area contributed by atoms with Gasteiger partial charge in [0, 0.05) is 17.8 Å². The van der Waals surface area contributed by atoms with Crippen molar-refractivity contribution in [2.24, 2.45) is 0 Å².